The number of nitrogens with zero attached hydrogens (tertiary/aromatic N) is 4. The summed E-state index contributed by atoms with van der Waals surface area (Å²) >= 11 is 11.4. The Bertz CT molecular complexity index is 567. The highest BCUT2D eigenvalue weighted by molar-refractivity contribution is 6.32. The van der Waals surface area contributed by atoms with Crippen molar-refractivity contribution in [2.24, 2.45) is 0 Å². The molecule has 0 unspecified atom stereocenters. The Morgan fingerprint density at radius 3 is 2.56 bits per heavy atom. The van der Waals surface area contributed by atoms with Crippen LogP contribution in [0, 0.1) is 0 Å². The fourth-order valence-electron chi connectivity index (χ4n) is 1.28. The van der Waals surface area contributed by atoms with Crippen LogP contribution < -0.4 is 0 Å². The van der Waals surface area contributed by atoms with E-state index in [2.05, 4.69) is 15.1 Å². The Labute approximate surface area is 109 Å². The molecule has 18 heavy (non-hydrogen) atoms. The van der Waals surface area contributed by atoms with Crippen molar-refractivity contribution in [3.63, 3.8) is 0 Å². The molecule has 0 aliphatic rings. The molecule has 0 N–H and O–H groups in total. The maximum absolute atomic E-state index is 12.4. The van der Waals surface area contributed by atoms with Crippen molar-refractivity contribution in [2.75, 3.05) is 0 Å². The molecule has 9 heteroatoms. The quantitative estimate of drug-likeness (QED) is 0.800. The predicted octanol–water partition coefficient (Wildman–Crippen LogP) is 3.07. The third kappa shape index (κ3) is 2.41. The van der Waals surface area contributed by atoms with E-state index in [4.69, 9.17) is 23.2 Å². The summed E-state index contributed by atoms with van der Waals surface area (Å²) in [4.78, 5) is 7.47. The normalized spacial score (nSPS) is 11.8. The van der Waals surface area contributed by atoms with Gasteiger partial charge < -0.3 is 0 Å². The highest BCUT2D eigenvalue weighted by Crippen LogP contribution is 2.31. The van der Waals surface area contributed by atoms with Gasteiger partial charge in [0.2, 0.25) is 0 Å². The molecule has 2 heterocycles. The van der Waals surface area contributed by atoms with Crippen LogP contribution in [0.1, 0.15) is 11.4 Å². The van der Waals surface area contributed by atoms with Gasteiger partial charge in [0.15, 0.2) is 5.82 Å². The van der Waals surface area contributed by atoms with Crippen LogP contribution in [-0.2, 0) is 12.1 Å². The molecule has 0 aromatic carbocycles. The maximum Gasteiger partial charge on any atom is 0.417 e. The van der Waals surface area contributed by atoms with Gasteiger partial charge in [0.1, 0.15) is 12.2 Å². The van der Waals surface area contributed by atoms with Gasteiger partial charge in [-0.2, -0.15) is 23.0 Å². The highest BCUT2D eigenvalue weighted by atomic mass is 35.5. The molecule has 0 radical (unpaired) electrons. The van der Waals surface area contributed by atoms with Crippen LogP contribution in [0.2, 0.25) is 5.02 Å². The lowest BCUT2D eigenvalue weighted by molar-refractivity contribution is -0.137. The van der Waals surface area contributed by atoms with Gasteiger partial charge in [-0.25, -0.2) is 9.97 Å². The first-order chi connectivity index (χ1) is 8.43. The number of rotatable bonds is 2. The van der Waals surface area contributed by atoms with Gasteiger partial charge in [-0.15, -0.1) is 11.6 Å². The zero-order valence-electron chi connectivity index (χ0n) is 8.62. The fourth-order valence-corrected chi connectivity index (χ4v) is 1.70. The summed E-state index contributed by atoms with van der Waals surface area (Å²) < 4.78 is 38.5. The van der Waals surface area contributed by atoms with E-state index in [0.29, 0.717) is 12.0 Å². The summed E-state index contributed by atoms with van der Waals surface area (Å²) in [5.41, 5.74) is -0.927. The molecule has 96 valence electrons. The Morgan fingerprint density at radius 2 is 2.00 bits per heavy atom. The minimum absolute atomic E-state index is 0.0407. The summed E-state index contributed by atoms with van der Waals surface area (Å²) in [5.74, 6) is 0.433. The van der Waals surface area contributed by atoms with Gasteiger partial charge in [0.25, 0.3) is 0 Å². The third-order valence-corrected chi connectivity index (χ3v) is 2.60. The van der Waals surface area contributed by atoms with E-state index in [1.165, 1.54) is 11.0 Å². The molecule has 0 fully saturated rings. The SMILES string of the molecule is FC(F)(F)c1cnc(-n2ncnc2CCl)c(Cl)c1. The molecule has 4 nitrogen and oxygen atoms in total. The fraction of sp³-hybridized carbons (Fsp3) is 0.222. The first-order valence-electron chi connectivity index (χ1n) is 4.61. The zero-order valence-corrected chi connectivity index (χ0v) is 10.1. The van der Waals surface area contributed by atoms with Crippen molar-refractivity contribution < 1.29 is 13.2 Å². The summed E-state index contributed by atoms with van der Waals surface area (Å²) in [6.07, 6.45) is -2.60. The molecule has 0 amide bonds. The average molecular weight is 297 g/mol. The van der Waals surface area contributed by atoms with Crippen LogP contribution in [0.25, 0.3) is 5.82 Å². The molecule has 0 saturated heterocycles. The van der Waals surface area contributed by atoms with Crippen LogP contribution in [-0.4, -0.2) is 19.7 Å². The van der Waals surface area contributed by atoms with Crippen molar-refractivity contribution in [3.8, 4) is 5.82 Å². The van der Waals surface area contributed by atoms with Gasteiger partial charge >= 0.3 is 6.18 Å². The molecule has 0 atom stereocenters. The minimum atomic E-state index is -4.49. The molecule has 2 rings (SSSR count). The van der Waals surface area contributed by atoms with Crippen molar-refractivity contribution in [2.45, 2.75) is 12.1 Å². The van der Waals surface area contributed by atoms with Crippen molar-refractivity contribution in [1.29, 1.82) is 0 Å². The van der Waals surface area contributed by atoms with Gasteiger partial charge in [-0.05, 0) is 6.07 Å². The highest BCUT2D eigenvalue weighted by Gasteiger charge is 2.31. The Kier molecular flexibility index (Phi) is 3.45. The van der Waals surface area contributed by atoms with Crippen LogP contribution in [0.3, 0.4) is 0 Å². The molecule has 0 spiro atoms. The lowest BCUT2D eigenvalue weighted by Crippen LogP contribution is -2.09. The third-order valence-electron chi connectivity index (χ3n) is 2.09. The van der Waals surface area contributed by atoms with Gasteiger partial charge in [-0.1, -0.05) is 11.6 Å². The molecule has 2 aromatic heterocycles. The molecule has 0 aliphatic heterocycles. The lowest BCUT2D eigenvalue weighted by Gasteiger charge is -2.09. The van der Waals surface area contributed by atoms with Gasteiger partial charge in [-0.3, -0.25) is 0 Å². The Hall–Kier alpha value is -1.34. The molecular weight excluding hydrogens is 292 g/mol. The number of hydrogen-bond acceptors (Lipinski definition) is 3. The minimum Gasteiger partial charge on any atom is -0.235 e. The number of hydrogen-bond donors (Lipinski definition) is 0. The van der Waals surface area contributed by atoms with E-state index < -0.39 is 11.7 Å². The number of alkyl halides is 4. The molecular formula is C9H5Cl2F3N4. The first-order valence-corrected chi connectivity index (χ1v) is 5.52. The molecule has 0 bridgehead atoms. The van der Waals surface area contributed by atoms with E-state index in [1.807, 2.05) is 0 Å². The van der Waals surface area contributed by atoms with Crippen molar-refractivity contribution in [3.05, 3.63) is 35.0 Å². The second kappa shape index (κ2) is 4.74. The maximum atomic E-state index is 12.4. The summed E-state index contributed by atoms with van der Waals surface area (Å²) in [6, 6.07) is 0.781. The number of halogens is 5. The van der Waals surface area contributed by atoms with E-state index in [-0.39, 0.29) is 16.7 Å². The van der Waals surface area contributed by atoms with Crippen LogP contribution in [0.4, 0.5) is 13.2 Å². The molecule has 2 aromatic rings. The second-order valence-electron chi connectivity index (χ2n) is 3.25. The van der Waals surface area contributed by atoms with Crippen LogP contribution in [0.15, 0.2) is 18.6 Å². The van der Waals surface area contributed by atoms with E-state index in [9.17, 15) is 13.2 Å². The molecule has 0 saturated carbocycles. The zero-order chi connectivity index (χ0) is 13.3. The van der Waals surface area contributed by atoms with Gasteiger partial charge in [0.05, 0.1) is 16.5 Å². The van der Waals surface area contributed by atoms with Crippen molar-refractivity contribution in [1.82, 2.24) is 19.7 Å². The first kappa shape index (κ1) is 13.1. The summed E-state index contributed by atoms with van der Waals surface area (Å²) in [7, 11) is 0. The topological polar surface area (TPSA) is 43.6 Å². The predicted molar refractivity (Wildman–Crippen MR) is 58.7 cm³/mol. The van der Waals surface area contributed by atoms with E-state index in [0.717, 1.165) is 6.07 Å². The van der Waals surface area contributed by atoms with Crippen molar-refractivity contribution >= 4 is 23.2 Å². The average Bonchev–Trinajstić information content (AvgIpc) is 2.75. The molecule has 0 aliphatic carbocycles. The lowest BCUT2D eigenvalue weighted by atomic mass is 10.3. The smallest absolute Gasteiger partial charge is 0.235 e. The Balaban J connectivity index is 2.48. The monoisotopic (exact) mass is 296 g/mol. The number of aromatic nitrogens is 4. The van der Waals surface area contributed by atoms with E-state index in [1.54, 1.807) is 0 Å². The van der Waals surface area contributed by atoms with E-state index >= 15 is 0 Å². The van der Waals surface area contributed by atoms with Crippen LogP contribution >= 0.6 is 23.2 Å². The summed E-state index contributed by atoms with van der Waals surface area (Å²) in [6.45, 7) is 0. The largest absolute Gasteiger partial charge is 0.417 e. The van der Waals surface area contributed by atoms with Crippen LogP contribution in [0.5, 0.6) is 0 Å². The number of pyridine rings is 1. The Morgan fingerprint density at radius 1 is 1.28 bits per heavy atom. The summed E-state index contributed by atoms with van der Waals surface area (Å²) in [5, 5.41) is 3.62. The van der Waals surface area contributed by atoms with Gasteiger partial charge in [0, 0.05) is 6.20 Å². The second-order valence-corrected chi connectivity index (χ2v) is 3.92. The standard InChI is InChI=1S/C9H5Cl2F3N4/c10-2-7-16-4-17-18(7)8-6(11)1-5(3-15-8)9(12,13)14/h1,3-4H,2H2.